The van der Waals surface area contributed by atoms with Crippen LogP contribution in [0.3, 0.4) is 0 Å². The molecule has 0 aromatic heterocycles. The molecule has 1 amide bonds. The molecule has 1 atom stereocenters. The SMILES string of the molecule is CCC(CC)CN1CCC2(CC1)CC2C(=O)NCCc1ccccc1. The van der Waals surface area contributed by atoms with Crippen LogP contribution in [-0.4, -0.2) is 37.0 Å². The maximum absolute atomic E-state index is 12.5. The summed E-state index contributed by atoms with van der Waals surface area (Å²) in [4.78, 5) is 15.1. The summed E-state index contributed by atoms with van der Waals surface area (Å²) in [6.45, 7) is 8.98. The van der Waals surface area contributed by atoms with E-state index < -0.39 is 0 Å². The van der Waals surface area contributed by atoms with Crippen LogP contribution in [0.4, 0.5) is 0 Å². The molecule has 1 spiro atoms. The first kappa shape index (κ1) is 18.4. The lowest BCUT2D eigenvalue weighted by Gasteiger charge is -2.34. The smallest absolute Gasteiger partial charge is 0.223 e. The van der Waals surface area contributed by atoms with Crippen molar-refractivity contribution in [1.29, 1.82) is 0 Å². The van der Waals surface area contributed by atoms with Gasteiger partial charge in [-0.25, -0.2) is 0 Å². The number of piperidine rings is 1. The van der Waals surface area contributed by atoms with Crippen LogP contribution in [0.15, 0.2) is 30.3 Å². The lowest BCUT2D eigenvalue weighted by molar-refractivity contribution is -0.123. The molecule has 3 rings (SSSR count). The van der Waals surface area contributed by atoms with Crippen molar-refractivity contribution in [3.63, 3.8) is 0 Å². The van der Waals surface area contributed by atoms with Crippen LogP contribution in [0.2, 0.25) is 0 Å². The molecular formula is C22H34N2O. The van der Waals surface area contributed by atoms with Crippen molar-refractivity contribution < 1.29 is 4.79 Å². The maximum atomic E-state index is 12.5. The minimum Gasteiger partial charge on any atom is -0.356 e. The van der Waals surface area contributed by atoms with Crippen LogP contribution in [0, 0.1) is 17.3 Å². The third kappa shape index (κ3) is 4.63. The Hall–Kier alpha value is -1.35. The van der Waals surface area contributed by atoms with Crippen LogP contribution >= 0.6 is 0 Å². The summed E-state index contributed by atoms with van der Waals surface area (Å²) in [6.07, 6.45) is 7.03. The highest BCUT2D eigenvalue weighted by Crippen LogP contribution is 2.59. The number of likely N-dealkylation sites (tertiary alicyclic amines) is 1. The van der Waals surface area contributed by atoms with Gasteiger partial charge in [0.2, 0.25) is 5.91 Å². The lowest BCUT2D eigenvalue weighted by atomic mass is 9.89. The van der Waals surface area contributed by atoms with Crippen molar-refractivity contribution in [1.82, 2.24) is 10.2 Å². The van der Waals surface area contributed by atoms with Gasteiger partial charge in [-0.3, -0.25) is 4.79 Å². The Balaban J connectivity index is 1.38. The quantitative estimate of drug-likeness (QED) is 0.777. The molecule has 2 aliphatic rings. The Labute approximate surface area is 153 Å². The van der Waals surface area contributed by atoms with Crippen molar-refractivity contribution in [3.05, 3.63) is 35.9 Å². The Morgan fingerprint density at radius 1 is 1.20 bits per heavy atom. The second kappa shape index (κ2) is 8.35. The highest BCUT2D eigenvalue weighted by Gasteiger charge is 2.58. The van der Waals surface area contributed by atoms with Gasteiger partial charge in [0.15, 0.2) is 0 Å². The third-order valence-electron chi connectivity index (χ3n) is 6.58. The molecular weight excluding hydrogens is 308 g/mol. The van der Waals surface area contributed by atoms with E-state index in [0.717, 1.165) is 25.3 Å². The Morgan fingerprint density at radius 2 is 1.88 bits per heavy atom. The number of benzene rings is 1. The summed E-state index contributed by atoms with van der Waals surface area (Å²) in [6, 6.07) is 10.4. The predicted molar refractivity (Wildman–Crippen MR) is 103 cm³/mol. The zero-order valence-electron chi connectivity index (χ0n) is 16.0. The highest BCUT2D eigenvalue weighted by molar-refractivity contribution is 5.82. The molecule has 1 saturated heterocycles. The molecule has 3 heteroatoms. The molecule has 1 aliphatic heterocycles. The van der Waals surface area contributed by atoms with E-state index in [9.17, 15) is 4.79 Å². The van der Waals surface area contributed by atoms with Gasteiger partial charge in [0.05, 0.1) is 0 Å². The summed E-state index contributed by atoms with van der Waals surface area (Å²) in [5, 5.41) is 3.17. The molecule has 1 aromatic rings. The molecule has 0 radical (unpaired) electrons. The number of carbonyl (C=O) groups is 1. The van der Waals surface area contributed by atoms with E-state index in [0.29, 0.717) is 11.3 Å². The first-order valence-electron chi connectivity index (χ1n) is 10.2. The highest BCUT2D eigenvalue weighted by atomic mass is 16.2. The lowest BCUT2D eigenvalue weighted by Crippen LogP contribution is -2.39. The average molecular weight is 343 g/mol. The number of nitrogens with one attached hydrogen (secondary N) is 1. The first-order valence-corrected chi connectivity index (χ1v) is 10.2. The van der Waals surface area contributed by atoms with Crippen molar-refractivity contribution in [2.24, 2.45) is 17.3 Å². The molecule has 1 unspecified atom stereocenters. The fraction of sp³-hybridized carbons (Fsp3) is 0.682. The monoisotopic (exact) mass is 342 g/mol. The van der Waals surface area contributed by atoms with Gasteiger partial charge >= 0.3 is 0 Å². The molecule has 1 N–H and O–H groups in total. The second-order valence-corrected chi connectivity index (χ2v) is 8.13. The molecule has 1 heterocycles. The van der Waals surface area contributed by atoms with Crippen molar-refractivity contribution in [2.75, 3.05) is 26.2 Å². The number of hydrogen-bond donors (Lipinski definition) is 1. The zero-order chi connectivity index (χ0) is 17.7. The van der Waals surface area contributed by atoms with Gasteiger partial charge in [-0.2, -0.15) is 0 Å². The number of carbonyl (C=O) groups excluding carboxylic acids is 1. The first-order chi connectivity index (χ1) is 12.2. The van der Waals surface area contributed by atoms with Gasteiger partial charge in [-0.15, -0.1) is 0 Å². The van der Waals surface area contributed by atoms with E-state index in [4.69, 9.17) is 0 Å². The van der Waals surface area contributed by atoms with Crippen molar-refractivity contribution in [2.45, 2.75) is 52.4 Å². The van der Waals surface area contributed by atoms with Crippen molar-refractivity contribution in [3.8, 4) is 0 Å². The maximum Gasteiger partial charge on any atom is 0.223 e. The summed E-state index contributed by atoms with van der Waals surface area (Å²) in [5.41, 5.74) is 1.63. The molecule has 138 valence electrons. The Bertz CT molecular complexity index is 544. The van der Waals surface area contributed by atoms with Gasteiger partial charge in [0, 0.05) is 19.0 Å². The molecule has 1 aliphatic carbocycles. The van der Waals surface area contributed by atoms with Gasteiger partial charge < -0.3 is 10.2 Å². The van der Waals surface area contributed by atoms with E-state index in [2.05, 4.69) is 48.3 Å². The van der Waals surface area contributed by atoms with Gasteiger partial charge in [-0.05, 0) is 55.7 Å². The zero-order valence-corrected chi connectivity index (χ0v) is 16.0. The van der Waals surface area contributed by atoms with E-state index in [-0.39, 0.29) is 5.92 Å². The largest absolute Gasteiger partial charge is 0.356 e. The fourth-order valence-electron chi connectivity index (χ4n) is 4.46. The minimum atomic E-state index is 0.276. The number of hydrogen-bond acceptors (Lipinski definition) is 2. The predicted octanol–water partition coefficient (Wildman–Crippen LogP) is 3.88. The minimum absolute atomic E-state index is 0.276. The Kier molecular flexibility index (Phi) is 6.16. The number of nitrogens with zero attached hydrogens (tertiary/aromatic N) is 1. The van der Waals surface area contributed by atoms with Crippen LogP contribution in [0.1, 0.15) is 51.5 Å². The average Bonchev–Trinajstić information content (AvgIpc) is 3.36. The molecule has 1 aromatic carbocycles. The summed E-state index contributed by atoms with van der Waals surface area (Å²) >= 11 is 0. The standard InChI is InChI=1S/C22H34N2O/c1-3-18(4-2)17-24-14-11-22(12-15-24)16-20(22)21(25)23-13-10-19-8-6-5-7-9-19/h5-9,18,20H,3-4,10-17H2,1-2H3,(H,23,25). The number of amides is 1. The van der Waals surface area contributed by atoms with Gasteiger partial charge in [-0.1, -0.05) is 57.0 Å². The molecule has 25 heavy (non-hydrogen) atoms. The molecule has 0 bridgehead atoms. The van der Waals surface area contributed by atoms with Crippen LogP contribution in [0.25, 0.3) is 0 Å². The molecule has 2 fully saturated rings. The van der Waals surface area contributed by atoms with E-state index >= 15 is 0 Å². The van der Waals surface area contributed by atoms with Crippen LogP contribution < -0.4 is 5.32 Å². The van der Waals surface area contributed by atoms with E-state index in [1.165, 1.54) is 50.9 Å². The van der Waals surface area contributed by atoms with Crippen LogP contribution in [0.5, 0.6) is 0 Å². The van der Waals surface area contributed by atoms with Gasteiger partial charge in [0.25, 0.3) is 0 Å². The summed E-state index contributed by atoms with van der Waals surface area (Å²) in [5.74, 6) is 1.41. The van der Waals surface area contributed by atoms with E-state index in [1.807, 2.05) is 6.07 Å². The topological polar surface area (TPSA) is 32.3 Å². The number of rotatable bonds is 8. The fourth-order valence-corrected chi connectivity index (χ4v) is 4.46. The second-order valence-electron chi connectivity index (χ2n) is 8.13. The van der Waals surface area contributed by atoms with Crippen molar-refractivity contribution >= 4 is 5.91 Å². The third-order valence-corrected chi connectivity index (χ3v) is 6.58. The molecule has 1 saturated carbocycles. The normalized spacial score (nSPS) is 22.3. The van der Waals surface area contributed by atoms with Crippen LogP contribution in [-0.2, 0) is 11.2 Å². The van der Waals surface area contributed by atoms with E-state index in [1.54, 1.807) is 0 Å². The van der Waals surface area contributed by atoms with Gasteiger partial charge in [0.1, 0.15) is 0 Å². The Morgan fingerprint density at radius 3 is 2.52 bits per heavy atom. The summed E-state index contributed by atoms with van der Waals surface area (Å²) in [7, 11) is 0. The molecule has 3 nitrogen and oxygen atoms in total. The summed E-state index contributed by atoms with van der Waals surface area (Å²) < 4.78 is 0.